The predicted octanol–water partition coefficient (Wildman–Crippen LogP) is 1.99. The quantitative estimate of drug-likeness (QED) is 0.336. The van der Waals surface area contributed by atoms with Crippen LogP contribution in [-0.4, -0.2) is 64.0 Å². The van der Waals surface area contributed by atoms with E-state index in [9.17, 15) is 26.4 Å². The topological polar surface area (TPSA) is 139 Å². The molecule has 1 saturated heterocycles. The van der Waals surface area contributed by atoms with Gasteiger partial charge in [-0.05, 0) is 49.6 Å². The number of esters is 1. The number of nitrogens with one attached hydrogen (secondary N) is 2. The molecule has 2 aromatic carbocycles. The number of aryl methyl sites for hydroxylation is 1. The molecule has 2 N–H and O–H groups in total. The third-order valence-corrected chi connectivity index (χ3v) is 9.37. The summed E-state index contributed by atoms with van der Waals surface area (Å²) in [6, 6.07) is 10.6. The molecule has 0 bridgehead atoms. The SMILES string of the molecule is COC(=O)[C@H](Cc1ccc(NS(=O)(=O)CCl)cc1)NC(=O)[C@@H]1CCCN1S(=O)(=O)c1ccc(C)cc1. The lowest BCUT2D eigenvalue weighted by atomic mass is 10.0. The number of methoxy groups -OCH3 is 1. The maximum absolute atomic E-state index is 13.2. The Morgan fingerprint density at radius 3 is 2.31 bits per heavy atom. The molecule has 1 fully saturated rings. The van der Waals surface area contributed by atoms with Crippen molar-refractivity contribution in [1.29, 1.82) is 0 Å². The van der Waals surface area contributed by atoms with Crippen LogP contribution in [0.15, 0.2) is 53.4 Å². The number of halogens is 1. The first kappa shape index (κ1) is 27.9. The van der Waals surface area contributed by atoms with E-state index in [1.807, 2.05) is 6.92 Å². The summed E-state index contributed by atoms with van der Waals surface area (Å²) < 4.78 is 57.9. The van der Waals surface area contributed by atoms with Crippen molar-refractivity contribution in [1.82, 2.24) is 9.62 Å². The highest BCUT2D eigenvalue weighted by Gasteiger charge is 2.40. The Bertz CT molecular complexity index is 1300. The van der Waals surface area contributed by atoms with Crippen LogP contribution in [0.5, 0.6) is 0 Å². The Labute approximate surface area is 216 Å². The van der Waals surface area contributed by atoms with Gasteiger partial charge >= 0.3 is 5.97 Å². The molecule has 0 saturated carbocycles. The average Bonchev–Trinajstić information content (AvgIpc) is 3.35. The molecule has 0 aliphatic carbocycles. The van der Waals surface area contributed by atoms with Crippen molar-refractivity contribution in [3.05, 3.63) is 59.7 Å². The van der Waals surface area contributed by atoms with Gasteiger partial charge in [-0.15, -0.1) is 11.6 Å². The average molecular weight is 558 g/mol. The highest BCUT2D eigenvalue weighted by atomic mass is 35.5. The number of sulfonamides is 2. The van der Waals surface area contributed by atoms with Gasteiger partial charge in [0.25, 0.3) is 0 Å². The second kappa shape index (κ2) is 11.6. The van der Waals surface area contributed by atoms with Gasteiger partial charge in [-0.2, -0.15) is 4.31 Å². The number of nitrogens with zero attached hydrogens (tertiary/aromatic N) is 1. The van der Waals surface area contributed by atoms with E-state index in [0.717, 1.165) is 5.56 Å². The number of rotatable bonds is 10. The molecule has 10 nitrogen and oxygen atoms in total. The molecule has 0 unspecified atom stereocenters. The van der Waals surface area contributed by atoms with Crippen molar-refractivity contribution in [3.63, 3.8) is 0 Å². The van der Waals surface area contributed by atoms with Crippen LogP contribution in [0.2, 0.25) is 0 Å². The third-order valence-electron chi connectivity index (χ3n) is 5.75. The molecular weight excluding hydrogens is 530 g/mol. The summed E-state index contributed by atoms with van der Waals surface area (Å²) >= 11 is 5.39. The van der Waals surface area contributed by atoms with Crippen molar-refractivity contribution in [2.75, 3.05) is 23.6 Å². The number of benzene rings is 2. The fraction of sp³-hybridized carbons (Fsp3) is 0.391. The Balaban J connectivity index is 1.74. The summed E-state index contributed by atoms with van der Waals surface area (Å²) in [6.07, 6.45) is 0.879. The van der Waals surface area contributed by atoms with Crippen LogP contribution in [0.25, 0.3) is 0 Å². The fourth-order valence-electron chi connectivity index (χ4n) is 3.89. The summed E-state index contributed by atoms with van der Waals surface area (Å²) in [5, 5.41) is 2.04. The van der Waals surface area contributed by atoms with E-state index in [0.29, 0.717) is 24.1 Å². The molecule has 0 aromatic heterocycles. The maximum Gasteiger partial charge on any atom is 0.328 e. The Morgan fingerprint density at radius 1 is 1.08 bits per heavy atom. The van der Waals surface area contributed by atoms with Gasteiger partial charge in [-0.1, -0.05) is 29.8 Å². The zero-order valence-electron chi connectivity index (χ0n) is 19.8. The molecule has 0 spiro atoms. The van der Waals surface area contributed by atoms with Gasteiger partial charge in [0.2, 0.25) is 26.0 Å². The van der Waals surface area contributed by atoms with Crippen LogP contribution in [0, 0.1) is 6.92 Å². The summed E-state index contributed by atoms with van der Waals surface area (Å²) in [6.45, 7) is 2.04. The number of alkyl halides is 1. The minimum atomic E-state index is -3.90. The van der Waals surface area contributed by atoms with Crippen molar-refractivity contribution >= 4 is 49.2 Å². The standard InChI is InChI=1S/C23H28ClN3O7S2/c1-16-5-11-19(12-6-16)36(32,33)27-13-3-4-21(27)22(28)25-20(23(29)34-2)14-17-7-9-18(10-8-17)26-35(30,31)15-24/h5-12,20-21,26H,3-4,13-15H2,1-2H3,(H,25,28)/t20-,21-/m0/s1. The Kier molecular flexibility index (Phi) is 8.98. The summed E-state index contributed by atoms with van der Waals surface area (Å²) in [7, 11) is -6.37. The fourth-order valence-corrected chi connectivity index (χ4v) is 6.26. The minimum Gasteiger partial charge on any atom is -0.467 e. The normalized spacial score (nSPS) is 17.4. The van der Waals surface area contributed by atoms with Crippen molar-refractivity contribution in [2.45, 2.75) is 43.2 Å². The minimum absolute atomic E-state index is 0.0540. The van der Waals surface area contributed by atoms with E-state index < -0.39 is 49.2 Å². The zero-order chi connectivity index (χ0) is 26.5. The number of anilines is 1. The maximum atomic E-state index is 13.2. The Hall–Kier alpha value is -2.67. The van der Waals surface area contributed by atoms with Gasteiger partial charge in [-0.25, -0.2) is 21.6 Å². The van der Waals surface area contributed by atoms with E-state index in [1.54, 1.807) is 24.3 Å². The molecule has 196 valence electrons. The molecular formula is C23H28ClN3O7S2. The first-order chi connectivity index (χ1) is 17.0. The molecule has 2 atom stereocenters. The van der Waals surface area contributed by atoms with Crippen LogP contribution in [0.4, 0.5) is 5.69 Å². The number of carbonyl (C=O) groups excluding carboxylic acids is 2. The number of ether oxygens (including phenoxy) is 1. The van der Waals surface area contributed by atoms with Crippen LogP contribution >= 0.6 is 11.6 Å². The van der Waals surface area contributed by atoms with Gasteiger partial charge in [0.15, 0.2) is 0 Å². The first-order valence-corrected chi connectivity index (χ1v) is 14.7. The first-order valence-electron chi connectivity index (χ1n) is 11.1. The van der Waals surface area contributed by atoms with Crippen LogP contribution < -0.4 is 10.0 Å². The van der Waals surface area contributed by atoms with Gasteiger partial charge in [0.1, 0.15) is 17.3 Å². The van der Waals surface area contributed by atoms with Crippen LogP contribution in [0.3, 0.4) is 0 Å². The number of hydrogen-bond donors (Lipinski definition) is 2. The van der Waals surface area contributed by atoms with Crippen molar-refractivity contribution < 1.29 is 31.2 Å². The van der Waals surface area contributed by atoms with E-state index in [-0.39, 0.29) is 17.9 Å². The number of carbonyl (C=O) groups is 2. The molecule has 3 rings (SSSR count). The second-order valence-electron chi connectivity index (χ2n) is 8.40. The molecule has 1 aliphatic rings. The van der Waals surface area contributed by atoms with Crippen molar-refractivity contribution in [2.24, 2.45) is 0 Å². The van der Waals surface area contributed by atoms with E-state index >= 15 is 0 Å². The summed E-state index contributed by atoms with van der Waals surface area (Å²) in [5.41, 5.74) is 1.83. The van der Waals surface area contributed by atoms with E-state index in [4.69, 9.17) is 16.3 Å². The molecule has 1 aliphatic heterocycles. The van der Waals surface area contributed by atoms with E-state index in [2.05, 4.69) is 10.0 Å². The zero-order valence-corrected chi connectivity index (χ0v) is 22.2. The van der Waals surface area contributed by atoms with E-state index in [1.165, 1.54) is 35.7 Å². The highest BCUT2D eigenvalue weighted by Crippen LogP contribution is 2.26. The molecule has 1 heterocycles. The van der Waals surface area contributed by atoms with Gasteiger partial charge in [0, 0.05) is 18.7 Å². The monoisotopic (exact) mass is 557 g/mol. The lowest BCUT2D eigenvalue weighted by Crippen LogP contribution is -2.51. The van der Waals surface area contributed by atoms with Gasteiger partial charge in [0.05, 0.1) is 12.0 Å². The number of amides is 1. The Morgan fingerprint density at radius 2 is 1.72 bits per heavy atom. The lowest BCUT2D eigenvalue weighted by molar-refractivity contribution is -0.145. The third kappa shape index (κ3) is 6.75. The van der Waals surface area contributed by atoms with Gasteiger partial charge < -0.3 is 10.1 Å². The molecule has 13 heteroatoms. The van der Waals surface area contributed by atoms with Gasteiger partial charge in [-0.3, -0.25) is 9.52 Å². The highest BCUT2D eigenvalue weighted by molar-refractivity contribution is 7.93. The molecule has 1 amide bonds. The molecule has 2 aromatic rings. The summed E-state index contributed by atoms with van der Waals surface area (Å²) in [4.78, 5) is 25.7. The van der Waals surface area contributed by atoms with Crippen LogP contribution in [0.1, 0.15) is 24.0 Å². The molecule has 36 heavy (non-hydrogen) atoms. The largest absolute Gasteiger partial charge is 0.467 e. The van der Waals surface area contributed by atoms with Crippen molar-refractivity contribution in [3.8, 4) is 0 Å². The van der Waals surface area contributed by atoms with Crippen LogP contribution in [-0.2, 0) is 40.8 Å². The smallest absolute Gasteiger partial charge is 0.328 e. The molecule has 0 radical (unpaired) electrons. The predicted molar refractivity (Wildman–Crippen MR) is 135 cm³/mol. The second-order valence-corrected chi connectivity index (χ2v) is 12.6. The number of hydrogen-bond acceptors (Lipinski definition) is 7. The summed E-state index contributed by atoms with van der Waals surface area (Å²) in [5.74, 6) is -1.29. The lowest BCUT2D eigenvalue weighted by Gasteiger charge is -2.25.